The molecular formula is C34H34ClFN2O3. The van der Waals surface area contributed by atoms with E-state index < -0.39 is 17.5 Å². The number of amides is 1. The average Bonchev–Trinajstić information content (AvgIpc) is 3.00. The van der Waals surface area contributed by atoms with Gasteiger partial charge in [-0.15, -0.1) is 0 Å². The molecule has 212 valence electrons. The van der Waals surface area contributed by atoms with Gasteiger partial charge in [-0.25, -0.2) is 4.39 Å². The second kappa shape index (κ2) is 13.6. The number of likely N-dealkylation sites (N-methyl/N-ethyl adjacent to an activating group) is 1. The fourth-order valence-corrected chi connectivity index (χ4v) is 5.24. The highest BCUT2D eigenvalue weighted by Gasteiger charge is 2.42. The summed E-state index contributed by atoms with van der Waals surface area (Å²) in [5, 5.41) is 0.434. The Kier molecular flexibility index (Phi) is 9.92. The first-order chi connectivity index (χ1) is 19.8. The molecule has 0 heterocycles. The van der Waals surface area contributed by atoms with Crippen LogP contribution < -0.4 is 5.73 Å². The van der Waals surface area contributed by atoms with Crippen molar-refractivity contribution in [1.29, 1.82) is 0 Å². The number of nitrogens with zero attached hydrogens (tertiary/aromatic N) is 1. The Morgan fingerprint density at radius 3 is 1.95 bits per heavy atom. The summed E-state index contributed by atoms with van der Waals surface area (Å²) in [6.07, 6.45) is 0.0231. The second-order valence-corrected chi connectivity index (χ2v) is 10.5. The van der Waals surface area contributed by atoms with Crippen molar-refractivity contribution < 1.29 is 18.7 Å². The normalized spacial score (nSPS) is 12.8. The van der Waals surface area contributed by atoms with E-state index in [-0.39, 0.29) is 37.2 Å². The van der Waals surface area contributed by atoms with Crippen molar-refractivity contribution in [2.24, 2.45) is 11.7 Å². The van der Waals surface area contributed by atoms with Crippen LogP contribution in [-0.2, 0) is 26.3 Å². The quantitative estimate of drug-likeness (QED) is 0.167. The Morgan fingerprint density at radius 2 is 1.41 bits per heavy atom. The fourth-order valence-electron chi connectivity index (χ4n) is 4.97. The van der Waals surface area contributed by atoms with Gasteiger partial charge < -0.3 is 15.4 Å². The zero-order valence-electron chi connectivity index (χ0n) is 23.2. The first kappa shape index (κ1) is 30.0. The summed E-state index contributed by atoms with van der Waals surface area (Å²) in [6, 6.07) is 31.8. The van der Waals surface area contributed by atoms with Gasteiger partial charge in [0.15, 0.2) is 5.60 Å². The van der Waals surface area contributed by atoms with Gasteiger partial charge in [0.1, 0.15) is 5.82 Å². The molecule has 41 heavy (non-hydrogen) atoms. The maximum Gasteiger partial charge on any atom is 0.308 e. The average molecular weight is 573 g/mol. The zero-order valence-corrected chi connectivity index (χ0v) is 23.9. The molecule has 2 N–H and O–H groups in total. The van der Waals surface area contributed by atoms with Crippen molar-refractivity contribution in [3.05, 3.63) is 142 Å². The topological polar surface area (TPSA) is 72.6 Å². The summed E-state index contributed by atoms with van der Waals surface area (Å²) in [5.41, 5.74) is 7.21. The lowest BCUT2D eigenvalue weighted by Gasteiger charge is -2.36. The van der Waals surface area contributed by atoms with E-state index in [9.17, 15) is 14.0 Å². The van der Waals surface area contributed by atoms with Crippen LogP contribution in [0.5, 0.6) is 0 Å². The number of carbonyl (C=O) groups excluding carboxylic acids is 2. The molecule has 1 amide bonds. The molecule has 4 rings (SSSR count). The molecule has 0 aliphatic rings. The fraction of sp³-hybridized carbons (Fsp3) is 0.235. The van der Waals surface area contributed by atoms with E-state index in [0.717, 1.165) is 5.56 Å². The highest BCUT2D eigenvalue weighted by molar-refractivity contribution is 6.31. The SMILES string of the molecule is C[C@@H](CN)N(C)C(=O)[C@@H](CC(=O)OC(c1ccccc1)(c1ccccc1)c1ccccc1Cl)Cc1ccc(F)cc1. The monoisotopic (exact) mass is 572 g/mol. The Labute approximate surface area is 245 Å². The maximum absolute atomic E-state index is 14.0. The highest BCUT2D eigenvalue weighted by Crippen LogP contribution is 2.43. The van der Waals surface area contributed by atoms with Crippen LogP contribution in [0.15, 0.2) is 109 Å². The van der Waals surface area contributed by atoms with E-state index in [2.05, 4.69) is 0 Å². The minimum absolute atomic E-state index is 0.205. The van der Waals surface area contributed by atoms with Crippen molar-refractivity contribution >= 4 is 23.5 Å². The van der Waals surface area contributed by atoms with Gasteiger partial charge >= 0.3 is 5.97 Å². The van der Waals surface area contributed by atoms with E-state index in [1.54, 1.807) is 30.1 Å². The van der Waals surface area contributed by atoms with Crippen LogP contribution in [0.3, 0.4) is 0 Å². The van der Waals surface area contributed by atoms with Crippen LogP contribution in [0.2, 0.25) is 5.02 Å². The van der Waals surface area contributed by atoms with Crippen LogP contribution in [-0.4, -0.2) is 36.4 Å². The van der Waals surface area contributed by atoms with Crippen molar-refractivity contribution in [3.8, 4) is 0 Å². The number of benzene rings is 4. The smallest absolute Gasteiger partial charge is 0.308 e. The number of halogens is 2. The third-order valence-corrected chi connectivity index (χ3v) is 7.72. The van der Waals surface area contributed by atoms with E-state index in [4.69, 9.17) is 22.1 Å². The molecule has 4 aromatic carbocycles. The molecule has 5 nitrogen and oxygen atoms in total. The molecule has 7 heteroatoms. The number of hydrogen-bond acceptors (Lipinski definition) is 4. The standard InChI is InChI=1S/C34H34ClFN2O3/c1-24(23-37)38(2)33(40)26(21-25-17-19-29(36)20-18-25)22-32(39)41-34(27-11-5-3-6-12-27,28-13-7-4-8-14-28)30-15-9-10-16-31(30)35/h3-20,24,26H,21-23,37H2,1-2H3/t24-,26+/m0/s1. The lowest BCUT2D eigenvalue weighted by molar-refractivity contribution is -0.157. The minimum Gasteiger partial charge on any atom is -0.444 e. The molecule has 0 aliphatic carbocycles. The molecule has 0 unspecified atom stereocenters. The summed E-state index contributed by atoms with van der Waals surface area (Å²) >= 11 is 6.77. The van der Waals surface area contributed by atoms with E-state index in [0.29, 0.717) is 21.7 Å². The van der Waals surface area contributed by atoms with E-state index in [1.807, 2.05) is 85.8 Å². The molecular weight excluding hydrogens is 539 g/mol. The summed E-state index contributed by atoms with van der Waals surface area (Å²) in [6.45, 7) is 2.12. The van der Waals surface area contributed by atoms with E-state index in [1.165, 1.54) is 12.1 Å². The number of esters is 1. The van der Waals surface area contributed by atoms with Crippen molar-refractivity contribution in [3.63, 3.8) is 0 Å². The highest BCUT2D eigenvalue weighted by atomic mass is 35.5. The van der Waals surface area contributed by atoms with Crippen LogP contribution in [0.4, 0.5) is 4.39 Å². The molecule has 2 atom stereocenters. The van der Waals surface area contributed by atoms with Gasteiger partial charge in [0.05, 0.1) is 12.3 Å². The molecule has 0 bridgehead atoms. The summed E-state index contributed by atoms with van der Waals surface area (Å²) < 4.78 is 20.1. The predicted molar refractivity (Wildman–Crippen MR) is 160 cm³/mol. The minimum atomic E-state index is -1.38. The Bertz CT molecular complexity index is 1410. The Morgan fingerprint density at radius 1 is 0.878 bits per heavy atom. The molecule has 0 radical (unpaired) electrons. The third kappa shape index (κ3) is 6.84. The summed E-state index contributed by atoms with van der Waals surface area (Å²) in [7, 11) is 1.67. The van der Waals surface area contributed by atoms with Gasteiger partial charge in [0.2, 0.25) is 5.91 Å². The third-order valence-electron chi connectivity index (χ3n) is 7.39. The summed E-state index contributed by atoms with van der Waals surface area (Å²) in [4.78, 5) is 29.2. The van der Waals surface area contributed by atoms with Crippen LogP contribution in [0, 0.1) is 11.7 Å². The van der Waals surface area contributed by atoms with Gasteiger partial charge in [0, 0.05) is 41.3 Å². The van der Waals surface area contributed by atoms with E-state index >= 15 is 0 Å². The zero-order chi connectivity index (χ0) is 29.4. The van der Waals surface area contributed by atoms with Crippen molar-refractivity contribution in [1.82, 2.24) is 4.90 Å². The van der Waals surface area contributed by atoms with Crippen LogP contribution in [0.1, 0.15) is 35.6 Å². The lowest BCUT2D eigenvalue weighted by atomic mass is 9.80. The Balaban J connectivity index is 1.77. The molecule has 0 aliphatic heterocycles. The molecule has 0 saturated heterocycles. The first-order valence-corrected chi connectivity index (χ1v) is 13.9. The maximum atomic E-state index is 14.0. The second-order valence-electron chi connectivity index (χ2n) is 10.1. The van der Waals surface area contributed by atoms with Crippen LogP contribution >= 0.6 is 11.6 Å². The molecule has 4 aromatic rings. The predicted octanol–water partition coefficient (Wildman–Crippen LogP) is 6.37. The first-order valence-electron chi connectivity index (χ1n) is 13.5. The Hall–Kier alpha value is -4.00. The van der Waals surface area contributed by atoms with Crippen LogP contribution in [0.25, 0.3) is 0 Å². The van der Waals surface area contributed by atoms with Crippen molar-refractivity contribution in [2.75, 3.05) is 13.6 Å². The number of rotatable bonds is 11. The van der Waals surface area contributed by atoms with Gasteiger partial charge in [-0.05, 0) is 37.1 Å². The molecule has 0 fully saturated rings. The number of ether oxygens (including phenoxy) is 1. The molecule has 0 saturated carbocycles. The van der Waals surface area contributed by atoms with Gasteiger partial charge in [-0.2, -0.15) is 0 Å². The van der Waals surface area contributed by atoms with Gasteiger partial charge in [-0.3, -0.25) is 9.59 Å². The lowest BCUT2D eigenvalue weighted by Crippen LogP contribution is -2.44. The molecule has 0 aromatic heterocycles. The largest absolute Gasteiger partial charge is 0.444 e. The van der Waals surface area contributed by atoms with Crippen molar-refractivity contribution in [2.45, 2.75) is 31.4 Å². The van der Waals surface area contributed by atoms with Gasteiger partial charge in [0.25, 0.3) is 0 Å². The molecule has 0 spiro atoms. The summed E-state index contributed by atoms with van der Waals surface area (Å²) in [5.74, 6) is -1.96. The number of nitrogens with two attached hydrogens (primary N) is 1. The number of hydrogen-bond donors (Lipinski definition) is 1. The number of carbonyl (C=O) groups is 2. The van der Waals surface area contributed by atoms with Gasteiger partial charge in [-0.1, -0.05) is 103 Å².